The molecular weight excluding hydrogens is 344 g/mol. The van der Waals surface area contributed by atoms with E-state index in [1.807, 2.05) is 18.2 Å². The lowest BCUT2D eigenvalue weighted by atomic mass is 10.0. The minimum Gasteiger partial charge on any atom is -0.332 e. The molecule has 0 bridgehead atoms. The van der Waals surface area contributed by atoms with Gasteiger partial charge >= 0.3 is 6.03 Å². The van der Waals surface area contributed by atoms with Crippen LogP contribution in [0.15, 0.2) is 24.3 Å². The summed E-state index contributed by atoms with van der Waals surface area (Å²) >= 11 is 6.07. The third kappa shape index (κ3) is 3.48. The molecule has 1 atom stereocenters. The first-order chi connectivity index (χ1) is 11.8. The average molecular weight is 365 g/mol. The molecule has 2 saturated heterocycles. The number of carbonyl (C=O) groups excluding carboxylic acids is 3. The topological polar surface area (TPSA) is 81.8 Å². The van der Waals surface area contributed by atoms with Crippen LogP contribution in [0.1, 0.15) is 25.5 Å². The third-order valence-corrected chi connectivity index (χ3v) is 4.77. The van der Waals surface area contributed by atoms with Crippen LogP contribution in [0.5, 0.6) is 0 Å². The maximum atomic E-state index is 12.8. The quantitative estimate of drug-likeness (QED) is 0.788. The number of piperazine rings is 1. The summed E-state index contributed by atoms with van der Waals surface area (Å²) in [4.78, 5) is 39.8. The Labute approximate surface area is 151 Å². The van der Waals surface area contributed by atoms with Gasteiger partial charge in [0.1, 0.15) is 12.1 Å². The minimum atomic E-state index is -0.979. The highest BCUT2D eigenvalue weighted by Crippen LogP contribution is 2.25. The Balaban J connectivity index is 1.78. The molecule has 4 amide bonds. The predicted octanol–water partition coefficient (Wildman–Crippen LogP) is 1.14. The number of rotatable bonds is 3. The van der Waals surface area contributed by atoms with E-state index in [1.165, 1.54) is 0 Å². The molecule has 134 valence electrons. The second-order valence-corrected chi connectivity index (χ2v) is 7.24. The largest absolute Gasteiger partial charge is 0.332 e. The van der Waals surface area contributed by atoms with E-state index in [-0.39, 0.29) is 24.4 Å². The summed E-state index contributed by atoms with van der Waals surface area (Å²) < 4.78 is 0. The zero-order valence-corrected chi connectivity index (χ0v) is 15.0. The van der Waals surface area contributed by atoms with Gasteiger partial charge < -0.3 is 15.5 Å². The Bertz CT molecular complexity index is 722. The van der Waals surface area contributed by atoms with Gasteiger partial charge in [-0.2, -0.15) is 0 Å². The first-order valence-electron chi connectivity index (χ1n) is 8.19. The molecule has 1 unspecified atom stereocenters. The van der Waals surface area contributed by atoms with Gasteiger partial charge in [0.2, 0.25) is 5.91 Å². The van der Waals surface area contributed by atoms with Crippen LogP contribution in [0, 0.1) is 0 Å². The SMILES string of the molecule is CC1(C)NC(=O)N(CC(=O)N2CCNCC2c2cccc(Cl)c2)C1=O. The molecule has 2 aliphatic rings. The molecule has 7 nitrogen and oxygen atoms in total. The number of nitrogens with zero attached hydrogens (tertiary/aromatic N) is 2. The number of halogens is 1. The summed E-state index contributed by atoms with van der Waals surface area (Å²) in [6.45, 7) is 4.75. The molecule has 1 aromatic carbocycles. The maximum absolute atomic E-state index is 12.8. The number of amides is 4. The molecule has 0 radical (unpaired) electrons. The lowest BCUT2D eigenvalue weighted by Gasteiger charge is -2.37. The molecule has 0 spiro atoms. The summed E-state index contributed by atoms with van der Waals surface area (Å²) in [6.07, 6.45) is 0. The van der Waals surface area contributed by atoms with Gasteiger partial charge in [-0.05, 0) is 31.5 Å². The van der Waals surface area contributed by atoms with E-state index in [4.69, 9.17) is 11.6 Å². The fourth-order valence-corrected chi connectivity index (χ4v) is 3.40. The molecule has 2 aliphatic heterocycles. The first kappa shape index (κ1) is 17.7. The Morgan fingerprint density at radius 2 is 2.12 bits per heavy atom. The lowest BCUT2D eigenvalue weighted by Crippen LogP contribution is -2.52. The van der Waals surface area contributed by atoms with Crippen molar-refractivity contribution in [2.45, 2.75) is 25.4 Å². The molecular formula is C17H21ClN4O3. The summed E-state index contributed by atoms with van der Waals surface area (Å²) in [5, 5.41) is 6.46. The van der Waals surface area contributed by atoms with Gasteiger partial charge in [-0.1, -0.05) is 23.7 Å². The Morgan fingerprint density at radius 3 is 2.76 bits per heavy atom. The van der Waals surface area contributed by atoms with Crippen molar-refractivity contribution in [2.24, 2.45) is 0 Å². The standard InChI is InChI=1S/C17H21ClN4O3/c1-17(2)15(24)22(16(25)20-17)10-14(23)21-7-6-19-9-13(21)11-4-3-5-12(18)8-11/h3-5,8,13,19H,6-7,9-10H2,1-2H3,(H,20,25). The highest BCUT2D eigenvalue weighted by atomic mass is 35.5. The Morgan fingerprint density at radius 1 is 1.36 bits per heavy atom. The second kappa shape index (κ2) is 6.65. The van der Waals surface area contributed by atoms with Crippen LogP contribution in [-0.2, 0) is 9.59 Å². The summed E-state index contributed by atoms with van der Waals surface area (Å²) in [6, 6.07) is 6.65. The zero-order valence-electron chi connectivity index (χ0n) is 14.2. The second-order valence-electron chi connectivity index (χ2n) is 6.81. The van der Waals surface area contributed by atoms with Gasteiger partial charge in [0.05, 0.1) is 6.04 Å². The lowest BCUT2D eigenvalue weighted by molar-refractivity contribution is -0.140. The molecule has 0 aliphatic carbocycles. The van der Waals surface area contributed by atoms with E-state index >= 15 is 0 Å². The van der Waals surface area contributed by atoms with Gasteiger partial charge in [-0.15, -0.1) is 0 Å². The average Bonchev–Trinajstić information content (AvgIpc) is 2.76. The predicted molar refractivity (Wildman–Crippen MR) is 93.1 cm³/mol. The number of carbonyl (C=O) groups is 3. The number of imide groups is 1. The van der Waals surface area contributed by atoms with Crippen molar-refractivity contribution in [3.63, 3.8) is 0 Å². The van der Waals surface area contributed by atoms with Crippen molar-refractivity contribution < 1.29 is 14.4 Å². The zero-order chi connectivity index (χ0) is 18.2. The third-order valence-electron chi connectivity index (χ3n) is 4.53. The number of urea groups is 1. The fourth-order valence-electron chi connectivity index (χ4n) is 3.20. The minimum absolute atomic E-state index is 0.186. The van der Waals surface area contributed by atoms with Gasteiger partial charge in [0.15, 0.2) is 0 Å². The summed E-state index contributed by atoms with van der Waals surface area (Å²) in [7, 11) is 0. The maximum Gasteiger partial charge on any atom is 0.325 e. The monoisotopic (exact) mass is 364 g/mol. The molecule has 25 heavy (non-hydrogen) atoms. The fraction of sp³-hybridized carbons (Fsp3) is 0.471. The van der Waals surface area contributed by atoms with E-state index < -0.39 is 11.6 Å². The van der Waals surface area contributed by atoms with Crippen molar-refractivity contribution in [3.05, 3.63) is 34.9 Å². The number of benzene rings is 1. The summed E-state index contributed by atoms with van der Waals surface area (Å²) in [5.41, 5.74) is -0.0572. The van der Waals surface area contributed by atoms with Crippen molar-refractivity contribution >= 4 is 29.4 Å². The molecule has 8 heteroatoms. The molecule has 0 aromatic heterocycles. The van der Waals surface area contributed by atoms with Crippen molar-refractivity contribution in [1.29, 1.82) is 0 Å². The van der Waals surface area contributed by atoms with Crippen LogP contribution in [-0.4, -0.2) is 59.4 Å². The van der Waals surface area contributed by atoms with Crippen LogP contribution in [0.3, 0.4) is 0 Å². The number of nitrogens with one attached hydrogen (secondary N) is 2. The van der Waals surface area contributed by atoms with Gasteiger partial charge in [-0.3, -0.25) is 14.5 Å². The Kier molecular flexibility index (Phi) is 4.71. The van der Waals surface area contributed by atoms with E-state index in [0.29, 0.717) is 24.7 Å². The van der Waals surface area contributed by atoms with Crippen LogP contribution in [0.25, 0.3) is 0 Å². The van der Waals surface area contributed by atoms with Gasteiger partial charge in [0, 0.05) is 24.7 Å². The number of hydrogen-bond donors (Lipinski definition) is 2. The van der Waals surface area contributed by atoms with Gasteiger partial charge in [0.25, 0.3) is 5.91 Å². The van der Waals surface area contributed by atoms with Crippen molar-refractivity contribution in [2.75, 3.05) is 26.2 Å². The smallest absolute Gasteiger partial charge is 0.325 e. The highest BCUT2D eigenvalue weighted by molar-refractivity contribution is 6.30. The van der Waals surface area contributed by atoms with E-state index in [0.717, 1.165) is 10.5 Å². The van der Waals surface area contributed by atoms with Crippen LogP contribution >= 0.6 is 11.6 Å². The molecule has 3 rings (SSSR count). The molecule has 0 saturated carbocycles. The van der Waals surface area contributed by atoms with Crippen molar-refractivity contribution in [3.8, 4) is 0 Å². The molecule has 2 N–H and O–H groups in total. The van der Waals surface area contributed by atoms with Crippen LogP contribution < -0.4 is 10.6 Å². The van der Waals surface area contributed by atoms with Crippen LogP contribution in [0.4, 0.5) is 4.79 Å². The molecule has 1 aromatic rings. The van der Waals surface area contributed by atoms with E-state index in [9.17, 15) is 14.4 Å². The number of hydrogen-bond acceptors (Lipinski definition) is 4. The Hall–Kier alpha value is -2.12. The normalized spacial score (nSPS) is 22.9. The van der Waals surface area contributed by atoms with E-state index in [2.05, 4.69) is 10.6 Å². The van der Waals surface area contributed by atoms with Crippen LogP contribution in [0.2, 0.25) is 5.02 Å². The molecule has 2 fully saturated rings. The summed E-state index contributed by atoms with van der Waals surface area (Å²) in [5.74, 6) is -0.645. The van der Waals surface area contributed by atoms with Gasteiger partial charge in [-0.25, -0.2) is 4.79 Å². The highest BCUT2D eigenvalue weighted by Gasteiger charge is 2.45. The molecule has 2 heterocycles. The first-order valence-corrected chi connectivity index (χ1v) is 8.57. The van der Waals surface area contributed by atoms with Crippen molar-refractivity contribution in [1.82, 2.24) is 20.4 Å². The van der Waals surface area contributed by atoms with E-state index in [1.54, 1.807) is 24.8 Å².